The van der Waals surface area contributed by atoms with Gasteiger partial charge in [0.1, 0.15) is 0 Å². The number of ether oxygens (including phenoxy) is 3. The van der Waals surface area contributed by atoms with Gasteiger partial charge in [-0.05, 0) is 0 Å². The summed E-state index contributed by atoms with van der Waals surface area (Å²) in [6.45, 7) is 3.34. The van der Waals surface area contributed by atoms with Crippen molar-refractivity contribution in [1.82, 2.24) is 9.13 Å². The Morgan fingerprint density at radius 1 is 1.06 bits per heavy atom. The SMILES string of the molecule is COCCOCCOCCn1ccn(C)c1=O. The molecule has 6 heteroatoms. The summed E-state index contributed by atoms with van der Waals surface area (Å²) < 4.78 is 18.6. The second-order valence-electron chi connectivity index (χ2n) is 3.60. The van der Waals surface area contributed by atoms with Crippen molar-refractivity contribution in [2.45, 2.75) is 6.54 Å². The highest BCUT2D eigenvalue weighted by atomic mass is 16.5. The first kappa shape index (κ1) is 14.0. The molecule has 0 amide bonds. The quantitative estimate of drug-likeness (QED) is 0.568. The van der Waals surface area contributed by atoms with Crippen LogP contribution in [-0.2, 0) is 27.8 Å². The number of hydrogen-bond donors (Lipinski definition) is 0. The minimum atomic E-state index is -0.0232. The maximum absolute atomic E-state index is 11.4. The Labute approximate surface area is 101 Å². The molecule has 0 aliphatic heterocycles. The van der Waals surface area contributed by atoms with Crippen LogP contribution < -0.4 is 5.69 Å². The van der Waals surface area contributed by atoms with Crippen molar-refractivity contribution in [2.75, 3.05) is 40.1 Å². The molecule has 0 fully saturated rings. The third-order valence-electron chi connectivity index (χ3n) is 2.30. The first-order chi connectivity index (χ1) is 8.25. The van der Waals surface area contributed by atoms with E-state index in [9.17, 15) is 4.79 Å². The van der Waals surface area contributed by atoms with Crippen LogP contribution >= 0.6 is 0 Å². The molecule has 0 saturated carbocycles. The van der Waals surface area contributed by atoms with Gasteiger partial charge in [0.25, 0.3) is 0 Å². The normalized spacial score (nSPS) is 10.9. The second-order valence-corrected chi connectivity index (χ2v) is 3.60. The van der Waals surface area contributed by atoms with E-state index in [0.29, 0.717) is 39.6 Å². The van der Waals surface area contributed by atoms with Crippen LogP contribution in [0.15, 0.2) is 17.2 Å². The molecule has 0 unspecified atom stereocenters. The summed E-state index contributed by atoms with van der Waals surface area (Å²) >= 11 is 0. The van der Waals surface area contributed by atoms with Gasteiger partial charge in [0.2, 0.25) is 0 Å². The fourth-order valence-electron chi connectivity index (χ4n) is 1.31. The van der Waals surface area contributed by atoms with Gasteiger partial charge < -0.3 is 18.8 Å². The second kappa shape index (κ2) is 8.05. The van der Waals surface area contributed by atoms with E-state index >= 15 is 0 Å². The van der Waals surface area contributed by atoms with E-state index in [0.717, 1.165) is 0 Å². The lowest BCUT2D eigenvalue weighted by atomic mass is 10.6. The molecule has 17 heavy (non-hydrogen) atoms. The molecule has 1 aromatic heterocycles. The van der Waals surface area contributed by atoms with Crippen LogP contribution in [0.3, 0.4) is 0 Å². The molecular weight excluding hydrogens is 224 g/mol. The highest BCUT2D eigenvalue weighted by Crippen LogP contribution is 1.85. The Morgan fingerprint density at radius 2 is 1.71 bits per heavy atom. The zero-order valence-electron chi connectivity index (χ0n) is 10.4. The van der Waals surface area contributed by atoms with Gasteiger partial charge in [-0.3, -0.25) is 4.57 Å². The number of rotatable bonds is 9. The zero-order valence-corrected chi connectivity index (χ0v) is 10.4. The molecule has 0 aromatic carbocycles. The summed E-state index contributed by atoms with van der Waals surface area (Å²) in [4.78, 5) is 11.4. The number of hydrogen-bond acceptors (Lipinski definition) is 4. The molecule has 1 aromatic rings. The molecular formula is C11H20N2O4. The first-order valence-corrected chi connectivity index (χ1v) is 5.62. The molecule has 0 aliphatic carbocycles. The minimum absolute atomic E-state index is 0.0232. The van der Waals surface area contributed by atoms with Gasteiger partial charge in [-0.2, -0.15) is 0 Å². The summed E-state index contributed by atoms with van der Waals surface area (Å²) in [5.41, 5.74) is -0.0232. The number of aryl methyl sites for hydroxylation is 1. The minimum Gasteiger partial charge on any atom is -0.382 e. The van der Waals surface area contributed by atoms with Crippen molar-refractivity contribution in [2.24, 2.45) is 7.05 Å². The lowest BCUT2D eigenvalue weighted by molar-refractivity contribution is 0.0229. The van der Waals surface area contributed by atoms with Gasteiger partial charge in [0.05, 0.1) is 39.6 Å². The van der Waals surface area contributed by atoms with Crippen molar-refractivity contribution in [1.29, 1.82) is 0 Å². The van der Waals surface area contributed by atoms with Crippen LogP contribution in [0.5, 0.6) is 0 Å². The van der Waals surface area contributed by atoms with Crippen LogP contribution in [0.25, 0.3) is 0 Å². The standard InChI is InChI=1S/C11H20N2O4/c1-12-3-4-13(11(12)14)5-6-16-9-10-17-8-7-15-2/h3-4H,5-10H2,1-2H3. The van der Waals surface area contributed by atoms with E-state index in [2.05, 4.69) is 0 Å². The molecule has 1 heterocycles. The largest absolute Gasteiger partial charge is 0.382 e. The van der Waals surface area contributed by atoms with Gasteiger partial charge in [0, 0.05) is 26.6 Å². The molecule has 0 atom stereocenters. The third-order valence-corrected chi connectivity index (χ3v) is 2.30. The molecule has 0 N–H and O–H groups in total. The average molecular weight is 244 g/mol. The number of methoxy groups -OCH3 is 1. The summed E-state index contributed by atoms with van der Waals surface area (Å²) in [5, 5.41) is 0. The fourth-order valence-corrected chi connectivity index (χ4v) is 1.31. The van der Waals surface area contributed by atoms with Crippen LogP contribution in [0.4, 0.5) is 0 Å². The number of aromatic nitrogens is 2. The smallest absolute Gasteiger partial charge is 0.327 e. The van der Waals surface area contributed by atoms with Crippen LogP contribution in [0, 0.1) is 0 Å². The van der Waals surface area contributed by atoms with Crippen molar-refractivity contribution < 1.29 is 14.2 Å². The molecule has 1 rings (SSSR count). The van der Waals surface area contributed by atoms with E-state index in [-0.39, 0.29) is 5.69 Å². The predicted octanol–water partition coefficient (Wildman–Crippen LogP) is -0.134. The van der Waals surface area contributed by atoms with E-state index in [1.807, 2.05) is 0 Å². The van der Waals surface area contributed by atoms with Gasteiger partial charge >= 0.3 is 5.69 Å². The van der Waals surface area contributed by atoms with Crippen molar-refractivity contribution in [3.05, 3.63) is 22.9 Å². The lowest BCUT2D eigenvalue weighted by Crippen LogP contribution is -2.24. The monoisotopic (exact) mass is 244 g/mol. The molecule has 0 saturated heterocycles. The molecule has 0 aliphatic rings. The van der Waals surface area contributed by atoms with Gasteiger partial charge in [-0.25, -0.2) is 4.79 Å². The van der Waals surface area contributed by atoms with Gasteiger partial charge in [0.15, 0.2) is 0 Å². The maximum atomic E-state index is 11.4. The van der Waals surface area contributed by atoms with E-state index in [1.54, 1.807) is 31.1 Å². The van der Waals surface area contributed by atoms with Crippen LogP contribution in [0.1, 0.15) is 0 Å². The summed E-state index contributed by atoms with van der Waals surface area (Å²) in [6, 6.07) is 0. The molecule has 0 spiro atoms. The first-order valence-electron chi connectivity index (χ1n) is 5.62. The third kappa shape index (κ3) is 5.16. The molecule has 0 bridgehead atoms. The summed E-state index contributed by atoms with van der Waals surface area (Å²) in [5.74, 6) is 0. The lowest BCUT2D eigenvalue weighted by Gasteiger charge is -2.05. The van der Waals surface area contributed by atoms with E-state index in [4.69, 9.17) is 14.2 Å². The van der Waals surface area contributed by atoms with Crippen molar-refractivity contribution in [3.63, 3.8) is 0 Å². The Bertz CT molecular complexity index is 359. The zero-order chi connectivity index (χ0) is 12.5. The highest BCUT2D eigenvalue weighted by molar-refractivity contribution is 4.79. The van der Waals surface area contributed by atoms with Crippen LogP contribution in [0.2, 0.25) is 0 Å². The Morgan fingerprint density at radius 3 is 2.29 bits per heavy atom. The van der Waals surface area contributed by atoms with E-state index in [1.165, 1.54) is 4.57 Å². The Hall–Kier alpha value is -1.11. The van der Waals surface area contributed by atoms with Gasteiger partial charge in [-0.1, -0.05) is 0 Å². The van der Waals surface area contributed by atoms with Crippen molar-refractivity contribution in [3.8, 4) is 0 Å². The van der Waals surface area contributed by atoms with E-state index < -0.39 is 0 Å². The Balaban J connectivity index is 2.01. The number of imidazole rings is 1. The Kier molecular flexibility index (Phi) is 6.61. The molecule has 6 nitrogen and oxygen atoms in total. The highest BCUT2D eigenvalue weighted by Gasteiger charge is 1.98. The summed E-state index contributed by atoms with van der Waals surface area (Å²) in [7, 11) is 3.36. The topological polar surface area (TPSA) is 54.6 Å². The molecule has 0 radical (unpaired) electrons. The maximum Gasteiger partial charge on any atom is 0.327 e. The predicted molar refractivity (Wildman–Crippen MR) is 63.2 cm³/mol. The van der Waals surface area contributed by atoms with Crippen molar-refractivity contribution >= 4 is 0 Å². The molecule has 98 valence electrons. The summed E-state index contributed by atoms with van der Waals surface area (Å²) in [6.07, 6.45) is 3.48. The van der Waals surface area contributed by atoms with Crippen LogP contribution in [-0.4, -0.2) is 49.3 Å². The fraction of sp³-hybridized carbons (Fsp3) is 0.727. The van der Waals surface area contributed by atoms with Gasteiger partial charge in [-0.15, -0.1) is 0 Å². The average Bonchev–Trinajstić information content (AvgIpc) is 2.64. The number of nitrogens with zero attached hydrogens (tertiary/aromatic N) is 2.